The Hall–Kier alpha value is -2.58. The molecule has 0 heterocycles. The largest absolute Gasteiger partial charge is 0.489 e. The summed E-state index contributed by atoms with van der Waals surface area (Å²) in [5.41, 5.74) is 15.3. The van der Waals surface area contributed by atoms with Crippen molar-refractivity contribution in [3.63, 3.8) is 0 Å². The van der Waals surface area contributed by atoms with Crippen molar-refractivity contribution in [3.8, 4) is 16.9 Å². The Morgan fingerprint density at radius 3 is 2.42 bits per heavy atom. The summed E-state index contributed by atoms with van der Waals surface area (Å²) in [4.78, 5) is 0. The molecule has 0 fully saturated rings. The highest BCUT2D eigenvalue weighted by molar-refractivity contribution is 5.76. The van der Waals surface area contributed by atoms with Gasteiger partial charge >= 0.3 is 0 Å². The van der Waals surface area contributed by atoms with E-state index < -0.39 is 0 Å². The Balaban J connectivity index is 1.65. The molecule has 0 spiro atoms. The van der Waals surface area contributed by atoms with E-state index in [1.165, 1.54) is 38.9 Å². The maximum atomic E-state index is 6.27. The summed E-state index contributed by atoms with van der Waals surface area (Å²) in [6.07, 6.45) is 2.11. The van der Waals surface area contributed by atoms with Crippen molar-refractivity contribution < 1.29 is 4.74 Å². The van der Waals surface area contributed by atoms with Crippen LogP contribution in [-0.2, 0) is 13.0 Å². The molecule has 0 saturated carbocycles. The van der Waals surface area contributed by atoms with Crippen LogP contribution in [0.15, 0.2) is 60.7 Å². The minimum absolute atomic E-state index is 0.180. The predicted octanol–water partition coefficient (Wildman–Crippen LogP) is 5.50. The lowest BCUT2D eigenvalue weighted by Crippen LogP contribution is -2.05. The lowest BCUT2D eigenvalue weighted by Gasteiger charge is -2.17. The number of rotatable bonds is 4. The molecule has 4 rings (SSSR count). The van der Waals surface area contributed by atoms with E-state index in [2.05, 4.69) is 56.3 Å². The van der Waals surface area contributed by atoms with Gasteiger partial charge in [0.25, 0.3) is 0 Å². The van der Waals surface area contributed by atoms with Gasteiger partial charge in [0, 0.05) is 6.04 Å². The molecule has 26 heavy (non-hydrogen) atoms. The van der Waals surface area contributed by atoms with E-state index in [9.17, 15) is 0 Å². The van der Waals surface area contributed by atoms with Gasteiger partial charge in [0.15, 0.2) is 0 Å². The number of ether oxygens (including phenoxy) is 1. The fraction of sp³-hybridized carbons (Fsp3) is 0.250. The molecule has 2 N–H and O–H groups in total. The van der Waals surface area contributed by atoms with Crippen LogP contribution < -0.4 is 10.5 Å². The number of nitrogens with two attached hydrogens (primary N) is 1. The molecule has 3 aromatic rings. The van der Waals surface area contributed by atoms with Crippen LogP contribution in [0, 0.1) is 13.8 Å². The van der Waals surface area contributed by atoms with Gasteiger partial charge in [-0.15, -0.1) is 0 Å². The van der Waals surface area contributed by atoms with E-state index in [1.54, 1.807) is 0 Å². The van der Waals surface area contributed by atoms with Crippen molar-refractivity contribution in [1.29, 1.82) is 0 Å². The zero-order valence-corrected chi connectivity index (χ0v) is 15.5. The molecule has 1 atom stereocenters. The van der Waals surface area contributed by atoms with Crippen molar-refractivity contribution in [3.05, 3.63) is 88.5 Å². The first kappa shape index (κ1) is 16.9. The molecule has 0 radical (unpaired) electrons. The molecule has 2 heteroatoms. The smallest absolute Gasteiger partial charge is 0.120 e. The van der Waals surface area contributed by atoms with Gasteiger partial charge < -0.3 is 10.5 Å². The molecular weight excluding hydrogens is 318 g/mol. The summed E-state index contributed by atoms with van der Waals surface area (Å²) in [5.74, 6) is 0.928. The molecular formula is C24H25NO. The van der Waals surface area contributed by atoms with E-state index in [-0.39, 0.29) is 6.04 Å². The van der Waals surface area contributed by atoms with Crippen LogP contribution in [0.4, 0.5) is 0 Å². The lowest BCUT2D eigenvalue weighted by molar-refractivity contribution is 0.306. The summed E-state index contributed by atoms with van der Waals surface area (Å²) in [5, 5.41) is 0. The molecule has 0 saturated heterocycles. The van der Waals surface area contributed by atoms with Gasteiger partial charge in [0.1, 0.15) is 12.4 Å². The summed E-state index contributed by atoms with van der Waals surface area (Å²) in [6, 6.07) is 21.3. The van der Waals surface area contributed by atoms with Crippen LogP contribution in [0.2, 0.25) is 0 Å². The molecule has 0 bridgehead atoms. The third-order valence-electron chi connectivity index (χ3n) is 5.34. The second-order valence-electron chi connectivity index (χ2n) is 7.22. The monoisotopic (exact) mass is 343 g/mol. The third kappa shape index (κ3) is 3.13. The third-order valence-corrected chi connectivity index (χ3v) is 5.34. The number of hydrogen-bond donors (Lipinski definition) is 1. The maximum Gasteiger partial charge on any atom is 0.120 e. The number of aryl methyl sites for hydroxylation is 2. The Morgan fingerprint density at radius 1 is 0.962 bits per heavy atom. The van der Waals surface area contributed by atoms with Crippen LogP contribution in [-0.4, -0.2) is 0 Å². The van der Waals surface area contributed by atoms with Gasteiger partial charge in [-0.05, 0) is 77.8 Å². The van der Waals surface area contributed by atoms with Gasteiger partial charge in [-0.25, -0.2) is 0 Å². The summed E-state index contributed by atoms with van der Waals surface area (Å²) >= 11 is 0. The van der Waals surface area contributed by atoms with Gasteiger partial charge in [0.2, 0.25) is 0 Å². The van der Waals surface area contributed by atoms with E-state index in [1.807, 2.05) is 18.2 Å². The van der Waals surface area contributed by atoms with Crippen LogP contribution in [0.5, 0.6) is 5.75 Å². The molecule has 0 aliphatic heterocycles. The normalized spacial score (nSPS) is 15.7. The Morgan fingerprint density at radius 2 is 1.69 bits per heavy atom. The van der Waals surface area contributed by atoms with Crippen molar-refractivity contribution in [2.75, 3.05) is 0 Å². The van der Waals surface area contributed by atoms with Gasteiger partial charge in [-0.2, -0.15) is 0 Å². The van der Waals surface area contributed by atoms with E-state index in [0.29, 0.717) is 6.61 Å². The SMILES string of the molecule is Cc1cc(OCc2ccccc2)cc(C)c1-c1cccc2c1CC[C@H]2N. The average Bonchev–Trinajstić information content (AvgIpc) is 3.02. The first-order valence-corrected chi connectivity index (χ1v) is 9.29. The summed E-state index contributed by atoms with van der Waals surface area (Å²) in [7, 11) is 0. The molecule has 0 unspecified atom stereocenters. The van der Waals surface area contributed by atoms with Crippen LogP contribution in [0.3, 0.4) is 0 Å². The Bertz CT molecular complexity index is 907. The summed E-state index contributed by atoms with van der Waals surface area (Å²) < 4.78 is 6.03. The molecule has 3 aromatic carbocycles. The topological polar surface area (TPSA) is 35.2 Å². The van der Waals surface area contributed by atoms with Gasteiger partial charge in [0.05, 0.1) is 0 Å². The lowest BCUT2D eigenvalue weighted by atomic mass is 9.90. The zero-order chi connectivity index (χ0) is 18.1. The van der Waals surface area contributed by atoms with Crippen molar-refractivity contribution in [2.24, 2.45) is 5.73 Å². The second kappa shape index (κ2) is 6.97. The molecule has 1 aliphatic rings. The molecule has 0 amide bonds. The van der Waals surface area contributed by atoms with Gasteiger partial charge in [-0.3, -0.25) is 0 Å². The van der Waals surface area contributed by atoms with Gasteiger partial charge in [-0.1, -0.05) is 48.5 Å². The first-order valence-electron chi connectivity index (χ1n) is 9.29. The van der Waals surface area contributed by atoms with E-state index in [4.69, 9.17) is 10.5 Å². The fourth-order valence-electron chi connectivity index (χ4n) is 4.09. The highest BCUT2D eigenvalue weighted by Gasteiger charge is 2.23. The predicted molar refractivity (Wildman–Crippen MR) is 107 cm³/mol. The average molecular weight is 343 g/mol. The standard InChI is InChI=1S/C24H25NO/c1-16-13-19(26-15-18-7-4-3-5-8-18)14-17(2)24(16)22-10-6-9-21-20(22)11-12-23(21)25/h3-10,13-14,23H,11-12,15,25H2,1-2H3/t23-/m1/s1. The number of hydrogen-bond acceptors (Lipinski definition) is 2. The molecule has 0 aromatic heterocycles. The second-order valence-corrected chi connectivity index (χ2v) is 7.22. The van der Waals surface area contributed by atoms with Crippen molar-refractivity contribution in [1.82, 2.24) is 0 Å². The quantitative estimate of drug-likeness (QED) is 0.679. The highest BCUT2D eigenvalue weighted by atomic mass is 16.5. The minimum atomic E-state index is 0.180. The Labute approximate surface area is 155 Å². The van der Waals surface area contributed by atoms with Crippen molar-refractivity contribution in [2.45, 2.75) is 39.3 Å². The Kier molecular flexibility index (Phi) is 4.52. The first-order chi connectivity index (χ1) is 12.6. The fourth-order valence-corrected chi connectivity index (χ4v) is 4.09. The molecule has 132 valence electrons. The highest BCUT2D eigenvalue weighted by Crippen LogP contribution is 2.40. The van der Waals surface area contributed by atoms with E-state index in [0.717, 1.165) is 18.6 Å². The van der Waals surface area contributed by atoms with Crippen LogP contribution >= 0.6 is 0 Å². The van der Waals surface area contributed by atoms with Crippen LogP contribution in [0.1, 0.15) is 40.3 Å². The van der Waals surface area contributed by atoms with Crippen LogP contribution in [0.25, 0.3) is 11.1 Å². The zero-order valence-electron chi connectivity index (χ0n) is 15.5. The number of fused-ring (bicyclic) bond motifs is 1. The molecule has 2 nitrogen and oxygen atoms in total. The molecule has 1 aliphatic carbocycles. The minimum Gasteiger partial charge on any atom is -0.489 e. The maximum absolute atomic E-state index is 6.27. The number of benzene rings is 3. The summed E-state index contributed by atoms with van der Waals surface area (Å²) in [6.45, 7) is 4.94. The van der Waals surface area contributed by atoms with E-state index >= 15 is 0 Å². The van der Waals surface area contributed by atoms with Crippen molar-refractivity contribution >= 4 is 0 Å².